The number of rotatable bonds is 15. The van der Waals surface area contributed by atoms with Gasteiger partial charge < -0.3 is 15.7 Å². The third-order valence-corrected chi connectivity index (χ3v) is 13.4. The molecule has 2 amide bonds. The zero-order valence-electron chi connectivity index (χ0n) is 30.8. The minimum atomic E-state index is -4.02. The number of thiazole rings is 1. The maximum atomic E-state index is 14.5. The van der Waals surface area contributed by atoms with Crippen molar-refractivity contribution in [1.82, 2.24) is 24.9 Å². The van der Waals surface area contributed by atoms with Crippen molar-refractivity contribution in [3.05, 3.63) is 160 Å². The van der Waals surface area contributed by atoms with Gasteiger partial charge in [-0.2, -0.15) is 4.31 Å². The summed E-state index contributed by atoms with van der Waals surface area (Å²) in [6.07, 6.45) is 3.50. The molecule has 286 valence electrons. The Bertz CT molecular complexity index is 2550. The SMILES string of the molecule is CC(C)CN(C(CO)c1ccc(CNC(=O)C(NC(=O)c2ccccc2)C(c2ccccc2)c2cccc3ccncc23)s1)S(=O)(=O)c1ccc2ncsc2c1. The molecule has 4 aromatic carbocycles. The van der Waals surface area contributed by atoms with E-state index >= 15 is 0 Å². The molecule has 0 radical (unpaired) electrons. The Labute approximate surface area is 333 Å². The standard InChI is InChI=1S/C43H41N5O5S3/c1-28(2)25-48(56(52,53)33-17-18-36-39(22-33)54-27-46-36)37(26-49)38-19-16-32(55-38)23-45-43(51)41(47-42(50)31-12-7-4-8-13-31)40(30-10-5-3-6-11-30)34-15-9-14-29-20-21-44-24-35(29)34/h3-22,24,27-28,37,40-41,49H,23,25-26H2,1-2H3,(H,45,51)(H,47,50). The number of hydrogen-bond donors (Lipinski definition) is 3. The average Bonchev–Trinajstić information content (AvgIpc) is 3.90. The van der Waals surface area contributed by atoms with Gasteiger partial charge in [-0.15, -0.1) is 22.7 Å². The van der Waals surface area contributed by atoms with Crippen molar-refractivity contribution < 1.29 is 23.1 Å². The maximum absolute atomic E-state index is 14.5. The van der Waals surface area contributed by atoms with Crippen LogP contribution in [-0.4, -0.2) is 58.8 Å². The number of nitrogens with zero attached hydrogens (tertiary/aromatic N) is 3. The Morgan fingerprint density at radius 1 is 0.893 bits per heavy atom. The van der Waals surface area contributed by atoms with Crippen LogP contribution < -0.4 is 10.6 Å². The summed E-state index contributed by atoms with van der Waals surface area (Å²) in [7, 11) is -4.02. The topological polar surface area (TPSA) is 142 Å². The number of carbonyl (C=O) groups excluding carboxylic acids is 2. The van der Waals surface area contributed by atoms with Crippen LogP contribution in [0.5, 0.6) is 0 Å². The predicted molar refractivity (Wildman–Crippen MR) is 222 cm³/mol. The molecule has 3 unspecified atom stereocenters. The molecule has 7 rings (SSSR count). The van der Waals surface area contributed by atoms with E-state index in [1.54, 1.807) is 66.4 Å². The van der Waals surface area contributed by atoms with Crippen molar-refractivity contribution in [2.24, 2.45) is 5.92 Å². The Morgan fingerprint density at radius 2 is 1.66 bits per heavy atom. The zero-order chi connectivity index (χ0) is 39.2. The van der Waals surface area contributed by atoms with Crippen LogP contribution in [0.1, 0.15) is 57.0 Å². The number of benzene rings is 4. The third kappa shape index (κ3) is 8.42. The number of nitrogens with one attached hydrogen (secondary N) is 2. The number of fused-ring (bicyclic) bond motifs is 2. The molecule has 13 heteroatoms. The summed E-state index contributed by atoms with van der Waals surface area (Å²) < 4.78 is 30.5. The van der Waals surface area contributed by atoms with Gasteiger partial charge in [-0.05, 0) is 71.0 Å². The molecule has 0 aliphatic heterocycles. The lowest BCUT2D eigenvalue weighted by atomic mass is 9.82. The second-order valence-electron chi connectivity index (χ2n) is 13.8. The Morgan fingerprint density at radius 3 is 2.41 bits per heavy atom. The van der Waals surface area contributed by atoms with Crippen molar-refractivity contribution in [1.29, 1.82) is 0 Å². The second kappa shape index (κ2) is 17.2. The predicted octanol–water partition coefficient (Wildman–Crippen LogP) is 7.53. The fourth-order valence-corrected chi connectivity index (χ4v) is 10.6. The number of aromatic nitrogens is 2. The third-order valence-electron chi connectivity index (χ3n) is 9.57. The lowest BCUT2D eigenvalue weighted by Crippen LogP contribution is -2.50. The van der Waals surface area contributed by atoms with Crippen LogP contribution in [0.4, 0.5) is 0 Å². The highest BCUT2D eigenvalue weighted by molar-refractivity contribution is 7.89. The van der Waals surface area contributed by atoms with Gasteiger partial charge in [-0.3, -0.25) is 14.6 Å². The van der Waals surface area contributed by atoms with Crippen molar-refractivity contribution in [2.45, 2.75) is 43.3 Å². The number of amides is 2. The lowest BCUT2D eigenvalue weighted by molar-refractivity contribution is -0.123. The number of carbonyl (C=O) groups is 2. The molecule has 0 aliphatic rings. The van der Waals surface area contributed by atoms with Gasteiger partial charge in [0.25, 0.3) is 5.91 Å². The van der Waals surface area contributed by atoms with Crippen LogP contribution in [0.3, 0.4) is 0 Å². The summed E-state index contributed by atoms with van der Waals surface area (Å²) in [5.74, 6) is -1.41. The number of sulfonamides is 1. The van der Waals surface area contributed by atoms with E-state index in [0.29, 0.717) is 10.4 Å². The molecule has 0 bridgehead atoms. The van der Waals surface area contributed by atoms with Gasteiger partial charge in [0.2, 0.25) is 15.9 Å². The molecule has 3 aromatic heterocycles. The minimum absolute atomic E-state index is 0.0252. The molecule has 56 heavy (non-hydrogen) atoms. The minimum Gasteiger partial charge on any atom is -0.394 e. The van der Waals surface area contributed by atoms with Crippen molar-refractivity contribution in [3.63, 3.8) is 0 Å². The van der Waals surface area contributed by atoms with Crippen LogP contribution in [0.2, 0.25) is 0 Å². The zero-order valence-corrected chi connectivity index (χ0v) is 33.2. The van der Waals surface area contributed by atoms with E-state index in [1.165, 1.54) is 27.0 Å². The molecule has 3 N–H and O–H groups in total. The molecular weight excluding hydrogens is 763 g/mol. The maximum Gasteiger partial charge on any atom is 0.251 e. The van der Waals surface area contributed by atoms with Crippen LogP contribution in [0.15, 0.2) is 138 Å². The summed E-state index contributed by atoms with van der Waals surface area (Å²) in [4.78, 5) is 38.5. The quantitative estimate of drug-likeness (QED) is 0.0974. The molecule has 10 nitrogen and oxygen atoms in total. The van der Waals surface area contributed by atoms with E-state index in [4.69, 9.17) is 0 Å². The largest absolute Gasteiger partial charge is 0.394 e. The van der Waals surface area contributed by atoms with E-state index in [0.717, 1.165) is 37.0 Å². The molecule has 0 aliphatic carbocycles. The molecule has 3 heterocycles. The van der Waals surface area contributed by atoms with Crippen LogP contribution in [-0.2, 0) is 21.4 Å². The molecule has 0 saturated heterocycles. The van der Waals surface area contributed by atoms with E-state index in [-0.39, 0.29) is 23.9 Å². The van der Waals surface area contributed by atoms with Crippen molar-refractivity contribution >= 4 is 65.5 Å². The Kier molecular flexibility index (Phi) is 12.0. The number of pyridine rings is 1. The molecule has 7 aromatic rings. The number of aliphatic hydroxyl groups excluding tert-OH is 1. The first-order chi connectivity index (χ1) is 27.1. The first-order valence-electron chi connectivity index (χ1n) is 18.2. The number of thiophene rings is 1. The smallest absolute Gasteiger partial charge is 0.251 e. The van der Waals surface area contributed by atoms with Gasteiger partial charge in [0.05, 0.1) is 39.8 Å². The number of aliphatic hydroxyl groups is 1. The molecular formula is C43H41N5O5S3. The highest BCUT2D eigenvalue weighted by atomic mass is 32.2. The van der Waals surface area contributed by atoms with E-state index in [9.17, 15) is 23.1 Å². The Balaban J connectivity index is 1.19. The second-order valence-corrected chi connectivity index (χ2v) is 17.8. The fourth-order valence-electron chi connectivity index (χ4n) is 6.89. The summed E-state index contributed by atoms with van der Waals surface area (Å²) >= 11 is 2.69. The normalized spacial score (nSPS) is 13.5. The fraction of sp³-hybridized carbons (Fsp3) is 0.209. The van der Waals surface area contributed by atoms with E-state index in [1.807, 2.05) is 80.6 Å². The van der Waals surface area contributed by atoms with Crippen LogP contribution in [0.25, 0.3) is 21.0 Å². The van der Waals surface area contributed by atoms with E-state index < -0.39 is 46.4 Å². The van der Waals surface area contributed by atoms with Crippen LogP contribution in [0, 0.1) is 5.92 Å². The van der Waals surface area contributed by atoms with Gasteiger partial charge in [0.1, 0.15) is 6.04 Å². The summed E-state index contributed by atoms with van der Waals surface area (Å²) in [5.41, 5.74) is 4.49. The monoisotopic (exact) mass is 803 g/mol. The van der Waals surface area contributed by atoms with Crippen molar-refractivity contribution in [2.75, 3.05) is 13.2 Å². The summed E-state index contributed by atoms with van der Waals surface area (Å²) in [6.45, 7) is 3.72. The molecule has 0 fully saturated rings. The van der Waals surface area contributed by atoms with Gasteiger partial charge in [0, 0.05) is 45.6 Å². The van der Waals surface area contributed by atoms with Crippen molar-refractivity contribution in [3.8, 4) is 0 Å². The van der Waals surface area contributed by atoms with Gasteiger partial charge >= 0.3 is 0 Å². The van der Waals surface area contributed by atoms with Gasteiger partial charge in [-0.1, -0.05) is 80.6 Å². The highest BCUT2D eigenvalue weighted by Crippen LogP contribution is 2.36. The Hall–Kier alpha value is -5.31. The summed E-state index contributed by atoms with van der Waals surface area (Å²) in [6, 6.07) is 32.8. The van der Waals surface area contributed by atoms with Gasteiger partial charge in [0.15, 0.2) is 0 Å². The highest BCUT2D eigenvalue weighted by Gasteiger charge is 2.36. The first-order valence-corrected chi connectivity index (χ1v) is 21.3. The molecule has 0 saturated carbocycles. The average molecular weight is 804 g/mol. The first kappa shape index (κ1) is 38.9. The molecule has 3 atom stereocenters. The van der Waals surface area contributed by atoms with Crippen LogP contribution >= 0.6 is 22.7 Å². The molecule has 0 spiro atoms. The van der Waals surface area contributed by atoms with Gasteiger partial charge in [-0.25, -0.2) is 13.4 Å². The summed E-state index contributed by atoms with van der Waals surface area (Å²) in [5, 5.41) is 18.7. The number of hydrogen-bond acceptors (Lipinski definition) is 9. The van der Waals surface area contributed by atoms with E-state index in [2.05, 4.69) is 20.6 Å². The lowest BCUT2D eigenvalue weighted by Gasteiger charge is -2.30.